The Kier molecular flexibility index (Phi) is 5.69. The molecule has 0 aliphatic carbocycles. The van der Waals surface area contributed by atoms with Gasteiger partial charge < -0.3 is 15.7 Å². The molecule has 20 heavy (non-hydrogen) atoms. The normalized spacial score (nSPS) is 24.4. The van der Waals surface area contributed by atoms with E-state index < -0.39 is 36.1 Å². The van der Waals surface area contributed by atoms with Crippen LogP contribution < -0.4 is 10.6 Å². The summed E-state index contributed by atoms with van der Waals surface area (Å²) in [6, 6.07) is -1.30. The Hall–Kier alpha value is -0.960. The number of alkyl halides is 3. The van der Waals surface area contributed by atoms with Crippen LogP contribution in [0.4, 0.5) is 13.2 Å². The lowest BCUT2D eigenvalue weighted by atomic mass is 9.85. The molecule has 0 saturated carbocycles. The van der Waals surface area contributed by atoms with E-state index in [1.165, 1.54) is 11.8 Å². The van der Waals surface area contributed by atoms with Crippen LogP contribution in [0.1, 0.15) is 12.8 Å². The number of carbonyl (C=O) groups is 2. The fourth-order valence-corrected chi connectivity index (χ4v) is 2.52. The number of aliphatic carboxylic acids is 1. The van der Waals surface area contributed by atoms with Crippen LogP contribution >= 0.6 is 11.8 Å². The third kappa shape index (κ3) is 3.57. The quantitative estimate of drug-likeness (QED) is 0.677. The van der Waals surface area contributed by atoms with Crippen molar-refractivity contribution in [2.24, 2.45) is 5.41 Å². The molecule has 3 N–H and O–H groups in total. The molecule has 1 aliphatic heterocycles. The van der Waals surface area contributed by atoms with Crippen molar-refractivity contribution in [2.45, 2.75) is 25.1 Å². The number of carboxylic acid groups (broad SMARTS) is 1. The van der Waals surface area contributed by atoms with E-state index in [1.807, 2.05) is 5.32 Å². The first-order valence-electron chi connectivity index (χ1n) is 6.05. The number of rotatable bonds is 6. The van der Waals surface area contributed by atoms with E-state index in [4.69, 9.17) is 5.11 Å². The Labute approximate surface area is 118 Å². The molecule has 1 heterocycles. The zero-order chi connectivity index (χ0) is 15.4. The van der Waals surface area contributed by atoms with Gasteiger partial charge in [-0.2, -0.15) is 24.9 Å². The van der Waals surface area contributed by atoms with Gasteiger partial charge in [0, 0.05) is 6.54 Å². The predicted octanol–water partition coefficient (Wildman–Crippen LogP) is 0.851. The number of carboxylic acids is 1. The number of nitrogens with one attached hydrogen (secondary N) is 2. The summed E-state index contributed by atoms with van der Waals surface area (Å²) in [4.78, 5) is 22.9. The van der Waals surface area contributed by atoms with Crippen LogP contribution in [0.15, 0.2) is 0 Å². The van der Waals surface area contributed by atoms with Crippen LogP contribution in [0.3, 0.4) is 0 Å². The second-order valence-electron chi connectivity index (χ2n) is 4.65. The zero-order valence-electron chi connectivity index (χ0n) is 10.9. The lowest BCUT2D eigenvalue weighted by Gasteiger charge is -2.30. The van der Waals surface area contributed by atoms with E-state index in [0.29, 0.717) is 5.75 Å². The van der Waals surface area contributed by atoms with Crippen molar-refractivity contribution in [2.75, 3.05) is 25.1 Å². The predicted molar refractivity (Wildman–Crippen MR) is 68.5 cm³/mol. The Balaban J connectivity index is 2.83. The van der Waals surface area contributed by atoms with E-state index in [9.17, 15) is 22.8 Å². The van der Waals surface area contributed by atoms with Gasteiger partial charge in [-0.05, 0) is 31.4 Å². The van der Waals surface area contributed by atoms with Crippen LogP contribution in [0, 0.1) is 5.41 Å². The molecule has 1 aliphatic rings. The number of halogens is 3. The van der Waals surface area contributed by atoms with Crippen molar-refractivity contribution in [3.05, 3.63) is 0 Å². The van der Waals surface area contributed by atoms with Crippen LogP contribution in [0.2, 0.25) is 0 Å². The molecule has 1 rings (SSSR count). The van der Waals surface area contributed by atoms with Crippen molar-refractivity contribution >= 4 is 23.6 Å². The highest BCUT2D eigenvalue weighted by Crippen LogP contribution is 2.43. The fourth-order valence-electron chi connectivity index (χ4n) is 2.05. The van der Waals surface area contributed by atoms with E-state index in [-0.39, 0.29) is 19.4 Å². The summed E-state index contributed by atoms with van der Waals surface area (Å²) in [5, 5.41) is 13.5. The van der Waals surface area contributed by atoms with Crippen LogP contribution in [-0.2, 0) is 9.59 Å². The van der Waals surface area contributed by atoms with Crippen molar-refractivity contribution in [1.82, 2.24) is 10.6 Å². The second-order valence-corrected chi connectivity index (χ2v) is 5.64. The lowest BCUT2D eigenvalue weighted by molar-refractivity contribution is -0.216. The van der Waals surface area contributed by atoms with Gasteiger partial charge in [-0.15, -0.1) is 0 Å². The highest BCUT2D eigenvalue weighted by molar-refractivity contribution is 7.98. The molecule has 0 bridgehead atoms. The van der Waals surface area contributed by atoms with E-state index in [0.717, 1.165) is 0 Å². The van der Waals surface area contributed by atoms with Crippen molar-refractivity contribution < 1.29 is 27.9 Å². The molecule has 1 fully saturated rings. The average molecular weight is 314 g/mol. The minimum atomic E-state index is -4.71. The van der Waals surface area contributed by atoms with Crippen LogP contribution in [0.25, 0.3) is 0 Å². The highest BCUT2D eigenvalue weighted by Gasteiger charge is 2.61. The second kappa shape index (κ2) is 6.66. The maximum Gasteiger partial charge on any atom is 0.404 e. The largest absolute Gasteiger partial charge is 0.480 e. The summed E-state index contributed by atoms with van der Waals surface area (Å²) in [5.74, 6) is -2.15. The summed E-state index contributed by atoms with van der Waals surface area (Å²) in [6.07, 6.45) is -3.25. The monoisotopic (exact) mass is 314 g/mol. The zero-order valence-corrected chi connectivity index (χ0v) is 11.7. The van der Waals surface area contributed by atoms with Gasteiger partial charge >= 0.3 is 12.1 Å². The molecular formula is C11H17F3N2O3S. The van der Waals surface area contributed by atoms with E-state index in [2.05, 4.69) is 5.32 Å². The summed E-state index contributed by atoms with van der Waals surface area (Å²) in [6.45, 7) is -0.438. The summed E-state index contributed by atoms with van der Waals surface area (Å²) in [7, 11) is 0. The molecule has 116 valence electrons. The summed E-state index contributed by atoms with van der Waals surface area (Å²) < 4.78 is 39.4. The van der Waals surface area contributed by atoms with Gasteiger partial charge in [-0.3, -0.25) is 4.79 Å². The molecule has 0 aromatic rings. The highest BCUT2D eigenvalue weighted by atomic mass is 32.2. The Morgan fingerprint density at radius 2 is 2.15 bits per heavy atom. The topological polar surface area (TPSA) is 78.4 Å². The van der Waals surface area contributed by atoms with Crippen molar-refractivity contribution in [3.63, 3.8) is 0 Å². The average Bonchev–Trinajstić information content (AvgIpc) is 2.83. The molecule has 0 aromatic carbocycles. The molecule has 0 aromatic heterocycles. The van der Waals surface area contributed by atoms with Gasteiger partial charge in [0.15, 0.2) is 5.41 Å². The van der Waals surface area contributed by atoms with Gasteiger partial charge in [-0.25, -0.2) is 4.79 Å². The van der Waals surface area contributed by atoms with Gasteiger partial charge in [0.25, 0.3) is 0 Å². The molecule has 9 heteroatoms. The summed E-state index contributed by atoms with van der Waals surface area (Å²) in [5.41, 5.74) is -2.53. The van der Waals surface area contributed by atoms with Crippen molar-refractivity contribution in [3.8, 4) is 0 Å². The maximum atomic E-state index is 13.1. The first kappa shape index (κ1) is 17.1. The SMILES string of the molecule is CSCC[C@@H](NC(=O)C1(C(F)(F)F)CCNC1)C(=O)O. The molecule has 5 nitrogen and oxygen atoms in total. The molecule has 1 unspecified atom stereocenters. The Bertz CT molecular complexity index is 370. The van der Waals surface area contributed by atoms with Crippen LogP contribution in [-0.4, -0.2) is 54.3 Å². The number of thioether (sulfide) groups is 1. The smallest absolute Gasteiger partial charge is 0.404 e. The van der Waals surface area contributed by atoms with Crippen molar-refractivity contribution in [1.29, 1.82) is 0 Å². The van der Waals surface area contributed by atoms with Crippen LogP contribution in [0.5, 0.6) is 0 Å². The minimum absolute atomic E-state index is 0.0788. The first-order chi connectivity index (χ1) is 9.24. The molecule has 2 atom stereocenters. The van der Waals surface area contributed by atoms with Gasteiger partial charge in [0.05, 0.1) is 0 Å². The Morgan fingerprint density at radius 1 is 1.50 bits per heavy atom. The maximum absolute atomic E-state index is 13.1. The standard InChI is InChI=1S/C11H17F3N2O3S/c1-20-5-2-7(8(17)18)16-9(19)10(11(12,13)14)3-4-15-6-10/h7,15H,2-6H2,1H3,(H,16,19)(H,17,18)/t7-,10?/m1/s1. The minimum Gasteiger partial charge on any atom is -0.480 e. The molecule has 0 radical (unpaired) electrons. The number of amides is 1. The van der Waals surface area contributed by atoms with E-state index >= 15 is 0 Å². The summed E-state index contributed by atoms with van der Waals surface area (Å²) >= 11 is 1.36. The molecular weight excluding hydrogens is 297 g/mol. The Morgan fingerprint density at radius 3 is 2.55 bits per heavy atom. The molecule has 0 spiro atoms. The fraction of sp³-hybridized carbons (Fsp3) is 0.818. The molecule has 1 saturated heterocycles. The van der Waals surface area contributed by atoms with Gasteiger partial charge in [-0.1, -0.05) is 0 Å². The number of carbonyl (C=O) groups excluding carboxylic acids is 1. The third-order valence-electron chi connectivity index (χ3n) is 3.35. The number of hydrogen-bond donors (Lipinski definition) is 3. The number of hydrogen-bond acceptors (Lipinski definition) is 4. The van der Waals surface area contributed by atoms with Gasteiger partial charge in [0.2, 0.25) is 5.91 Å². The third-order valence-corrected chi connectivity index (χ3v) is 3.99. The van der Waals surface area contributed by atoms with E-state index in [1.54, 1.807) is 6.26 Å². The first-order valence-corrected chi connectivity index (χ1v) is 7.44. The lowest BCUT2D eigenvalue weighted by Crippen LogP contribution is -2.55. The molecule has 1 amide bonds. The van der Waals surface area contributed by atoms with Gasteiger partial charge in [0.1, 0.15) is 6.04 Å².